The molecule has 0 saturated carbocycles. The molecule has 7 nitrogen and oxygen atoms in total. The standard InChI is InChI=1S/C28H30O7/c1-3-4-17-33-26(29)16-9-21-7-12-24(13-8-21)34-28(31)22-10-14-23(15-11-22)32-18-5-6-25-19-20(2)27(30)35-25/h7-16,25H,2-6,17-19H2,1H3/b16-9+. The lowest BCUT2D eigenvalue weighted by Gasteiger charge is -2.10. The minimum Gasteiger partial charge on any atom is -0.494 e. The van der Waals surface area contributed by atoms with Crippen LogP contribution in [0.15, 0.2) is 66.8 Å². The van der Waals surface area contributed by atoms with Crippen molar-refractivity contribution in [2.24, 2.45) is 0 Å². The highest BCUT2D eigenvalue weighted by molar-refractivity contribution is 5.91. The molecule has 2 aromatic carbocycles. The van der Waals surface area contributed by atoms with Gasteiger partial charge in [0.2, 0.25) is 0 Å². The molecule has 1 aliphatic rings. The molecule has 1 atom stereocenters. The van der Waals surface area contributed by atoms with Crippen LogP contribution in [-0.2, 0) is 19.1 Å². The Morgan fingerprint density at radius 1 is 1.03 bits per heavy atom. The zero-order valence-electron chi connectivity index (χ0n) is 19.9. The van der Waals surface area contributed by atoms with E-state index in [0.717, 1.165) is 24.8 Å². The van der Waals surface area contributed by atoms with Gasteiger partial charge < -0.3 is 18.9 Å². The van der Waals surface area contributed by atoms with Crippen LogP contribution in [-0.4, -0.2) is 37.2 Å². The molecule has 3 rings (SSSR count). The molecule has 1 unspecified atom stereocenters. The van der Waals surface area contributed by atoms with E-state index in [2.05, 4.69) is 6.58 Å². The SMILES string of the molecule is C=C1CC(CCCOc2ccc(C(=O)Oc3ccc(/C=C/C(=O)OCCCC)cc3)cc2)OC1=O. The largest absolute Gasteiger partial charge is 0.494 e. The van der Waals surface area contributed by atoms with Gasteiger partial charge in [-0.3, -0.25) is 0 Å². The summed E-state index contributed by atoms with van der Waals surface area (Å²) in [6, 6.07) is 13.5. The van der Waals surface area contributed by atoms with Crippen molar-refractivity contribution in [2.45, 2.75) is 45.1 Å². The zero-order chi connectivity index (χ0) is 25.0. The number of benzene rings is 2. The van der Waals surface area contributed by atoms with Crippen LogP contribution in [0.5, 0.6) is 11.5 Å². The van der Waals surface area contributed by atoms with Crippen LogP contribution in [0.3, 0.4) is 0 Å². The van der Waals surface area contributed by atoms with E-state index in [9.17, 15) is 14.4 Å². The van der Waals surface area contributed by atoms with Crippen LogP contribution in [0.2, 0.25) is 0 Å². The lowest BCUT2D eigenvalue weighted by atomic mass is 10.1. The highest BCUT2D eigenvalue weighted by Gasteiger charge is 2.26. The van der Waals surface area contributed by atoms with Crippen LogP contribution >= 0.6 is 0 Å². The van der Waals surface area contributed by atoms with Gasteiger partial charge in [0.25, 0.3) is 0 Å². The summed E-state index contributed by atoms with van der Waals surface area (Å²) in [6.45, 7) is 6.59. The molecule has 184 valence electrons. The van der Waals surface area contributed by atoms with Crippen molar-refractivity contribution in [3.05, 3.63) is 77.9 Å². The number of rotatable bonds is 12. The van der Waals surface area contributed by atoms with E-state index in [1.807, 2.05) is 6.92 Å². The Labute approximate surface area is 205 Å². The van der Waals surface area contributed by atoms with Crippen LogP contribution in [0.1, 0.15) is 54.9 Å². The van der Waals surface area contributed by atoms with Gasteiger partial charge in [0, 0.05) is 18.1 Å². The molecule has 0 amide bonds. The molecule has 0 N–H and O–H groups in total. The van der Waals surface area contributed by atoms with Crippen LogP contribution in [0.4, 0.5) is 0 Å². The third kappa shape index (κ3) is 8.45. The van der Waals surface area contributed by atoms with Gasteiger partial charge in [-0.15, -0.1) is 0 Å². The van der Waals surface area contributed by atoms with E-state index >= 15 is 0 Å². The molecule has 35 heavy (non-hydrogen) atoms. The maximum atomic E-state index is 12.4. The Morgan fingerprint density at radius 2 is 1.74 bits per heavy atom. The smallest absolute Gasteiger partial charge is 0.343 e. The molecule has 1 aliphatic heterocycles. The molecular formula is C28H30O7. The molecule has 0 aromatic heterocycles. The van der Waals surface area contributed by atoms with Crippen molar-refractivity contribution in [2.75, 3.05) is 13.2 Å². The second-order valence-corrected chi connectivity index (χ2v) is 8.16. The Morgan fingerprint density at radius 3 is 2.40 bits per heavy atom. The number of ether oxygens (including phenoxy) is 4. The molecule has 1 heterocycles. The first kappa shape index (κ1) is 25.7. The Kier molecular flexibility index (Phi) is 9.66. The summed E-state index contributed by atoms with van der Waals surface area (Å²) in [5.74, 6) is -0.146. The molecule has 1 saturated heterocycles. The fraction of sp³-hybridized carbons (Fsp3) is 0.321. The molecule has 0 spiro atoms. The van der Waals surface area contributed by atoms with E-state index < -0.39 is 5.97 Å². The van der Waals surface area contributed by atoms with E-state index in [4.69, 9.17) is 18.9 Å². The average molecular weight is 479 g/mol. The third-order valence-electron chi connectivity index (χ3n) is 5.31. The summed E-state index contributed by atoms with van der Waals surface area (Å²) in [4.78, 5) is 35.4. The van der Waals surface area contributed by atoms with Gasteiger partial charge in [-0.25, -0.2) is 14.4 Å². The topological polar surface area (TPSA) is 88.1 Å². The minimum absolute atomic E-state index is 0.118. The maximum absolute atomic E-state index is 12.4. The van der Waals surface area contributed by atoms with Gasteiger partial charge in [0.1, 0.15) is 17.6 Å². The first-order chi connectivity index (χ1) is 16.9. The summed E-state index contributed by atoms with van der Waals surface area (Å²) in [6.07, 6.45) is 6.74. The summed E-state index contributed by atoms with van der Waals surface area (Å²) in [7, 11) is 0. The van der Waals surface area contributed by atoms with Crippen molar-refractivity contribution in [1.29, 1.82) is 0 Å². The van der Waals surface area contributed by atoms with E-state index in [1.165, 1.54) is 6.08 Å². The molecule has 0 bridgehead atoms. The van der Waals surface area contributed by atoms with E-state index in [1.54, 1.807) is 54.6 Å². The van der Waals surface area contributed by atoms with E-state index in [-0.39, 0.29) is 18.0 Å². The average Bonchev–Trinajstić information content (AvgIpc) is 3.18. The van der Waals surface area contributed by atoms with Gasteiger partial charge in [-0.05, 0) is 67.3 Å². The fourth-order valence-corrected chi connectivity index (χ4v) is 3.33. The number of carbonyl (C=O) groups is 3. The summed E-state index contributed by atoms with van der Waals surface area (Å²) in [5, 5.41) is 0. The number of unbranched alkanes of at least 4 members (excludes halogenated alkanes) is 1. The Hall–Kier alpha value is -3.87. The van der Waals surface area contributed by atoms with Gasteiger partial charge in [0.05, 0.1) is 18.8 Å². The predicted molar refractivity (Wildman–Crippen MR) is 131 cm³/mol. The first-order valence-corrected chi connectivity index (χ1v) is 11.7. The van der Waals surface area contributed by atoms with Gasteiger partial charge in [-0.2, -0.15) is 0 Å². The molecule has 0 aliphatic carbocycles. The number of hydrogen-bond acceptors (Lipinski definition) is 7. The number of cyclic esters (lactones) is 1. The lowest BCUT2D eigenvalue weighted by molar-refractivity contribution is -0.139. The molecule has 7 heteroatoms. The molecule has 0 radical (unpaired) electrons. The zero-order valence-corrected chi connectivity index (χ0v) is 19.9. The number of carbonyl (C=O) groups excluding carboxylic acids is 3. The second-order valence-electron chi connectivity index (χ2n) is 8.16. The van der Waals surface area contributed by atoms with E-state index in [0.29, 0.717) is 48.7 Å². The normalized spacial score (nSPS) is 15.2. The summed E-state index contributed by atoms with van der Waals surface area (Å²) < 4.78 is 21.4. The van der Waals surface area contributed by atoms with Crippen molar-refractivity contribution in [1.82, 2.24) is 0 Å². The highest BCUT2D eigenvalue weighted by atomic mass is 16.6. The molecular weight excluding hydrogens is 448 g/mol. The monoisotopic (exact) mass is 478 g/mol. The highest BCUT2D eigenvalue weighted by Crippen LogP contribution is 2.22. The second kappa shape index (κ2) is 13.1. The first-order valence-electron chi connectivity index (χ1n) is 11.7. The maximum Gasteiger partial charge on any atom is 0.343 e. The number of esters is 3. The van der Waals surface area contributed by atoms with Crippen LogP contribution in [0.25, 0.3) is 6.08 Å². The number of hydrogen-bond donors (Lipinski definition) is 0. The lowest BCUT2D eigenvalue weighted by Crippen LogP contribution is -2.09. The van der Waals surface area contributed by atoms with Gasteiger partial charge in [-0.1, -0.05) is 32.1 Å². The van der Waals surface area contributed by atoms with Crippen molar-refractivity contribution in [3.63, 3.8) is 0 Å². The van der Waals surface area contributed by atoms with Gasteiger partial charge >= 0.3 is 17.9 Å². The van der Waals surface area contributed by atoms with Gasteiger partial charge in [0.15, 0.2) is 0 Å². The summed E-state index contributed by atoms with van der Waals surface area (Å²) in [5.41, 5.74) is 1.70. The fourth-order valence-electron chi connectivity index (χ4n) is 3.33. The predicted octanol–water partition coefficient (Wildman–Crippen LogP) is 5.29. The van der Waals surface area contributed by atoms with Crippen molar-refractivity contribution < 1.29 is 33.3 Å². The minimum atomic E-state index is -0.484. The summed E-state index contributed by atoms with van der Waals surface area (Å²) >= 11 is 0. The Bertz CT molecular complexity index is 1040. The quantitative estimate of drug-likeness (QED) is 0.177. The van der Waals surface area contributed by atoms with Crippen molar-refractivity contribution >= 4 is 24.0 Å². The third-order valence-corrected chi connectivity index (χ3v) is 5.31. The van der Waals surface area contributed by atoms with Crippen molar-refractivity contribution in [3.8, 4) is 11.5 Å². The molecule has 2 aromatic rings. The molecule has 1 fully saturated rings. The van der Waals surface area contributed by atoms with Crippen LogP contribution in [0, 0.1) is 0 Å². The van der Waals surface area contributed by atoms with Crippen LogP contribution < -0.4 is 9.47 Å². The Balaban J connectivity index is 1.40.